The molecule has 0 bridgehead atoms. The van der Waals surface area contributed by atoms with Crippen LogP contribution in [0, 0.1) is 0 Å². The summed E-state index contributed by atoms with van der Waals surface area (Å²) < 4.78 is 11.5. The van der Waals surface area contributed by atoms with Gasteiger partial charge in [0, 0.05) is 5.56 Å². The molecule has 0 unspecified atom stereocenters. The van der Waals surface area contributed by atoms with E-state index < -0.39 is 12.0 Å². The zero-order valence-corrected chi connectivity index (χ0v) is 20.3. The zero-order valence-electron chi connectivity index (χ0n) is 19.5. The number of amides is 1. The van der Waals surface area contributed by atoms with Crippen molar-refractivity contribution in [1.29, 1.82) is 0 Å². The molecule has 180 valence electrons. The lowest BCUT2D eigenvalue weighted by Crippen LogP contribution is -2.42. The number of hydrogen-bond acceptors (Lipinski definition) is 7. The van der Waals surface area contributed by atoms with E-state index in [-0.39, 0.29) is 17.8 Å². The summed E-state index contributed by atoms with van der Waals surface area (Å²) in [6.45, 7) is 6.35. The number of carbonyl (C=O) groups excluding carboxylic acids is 1. The first-order valence-corrected chi connectivity index (χ1v) is 11.3. The average molecular weight is 493 g/mol. The third kappa shape index (κ3) is 5.96. The predicted molar refractivity (Wildman–Crippen MR) is 135 cm³/mol. The van der Waals surface area contributed by atoms with Gasteiger partial charge >= 0.3 is 0 Å². The van der Waals surface area contributed by atoms with E-state index in [1.807, 2.05) is 18.2 Å². The van der Waals surface area contributed by atoms with Gasteiger partial charge in [-0.3, -0.25) is 4.79 Å². The van der Waals surface area contributed by atoms with E-state index >= 15 is 0 Å². The maximum Gasteiger partial charge on any atom is 0.284 e. The lowest BCUT2D eigenvalue weighted by atomic mass is 9.87. The predicted octanol–water partition coefficient (Wildman–Crippen LogP) is 6.05. The number of rotatable bonds is 5. The average Bonchev–Trinajstić information content (AvgIpc) is 2.83. The molecule has 1 atom stereocenters. The molecule has 8 nitrogen and oxygen atoms in total. The van der Waals surface area contributed by atoms with Crippen molar-refractivity contribution in [2.24, 2.45) is 15.3 Å². The summed E-state index contributed by atoms with van der Waals surface area (Å²) in [6, 6.07) is 17.4. The molecule has 35 heavy (non-hydrogen) atoms. The second kappa shape index (κ2) is 10.1. The smallest absolute Gasteiger partial charge is 0.284 e. The largest absolute Gasteiger partial charge is 0.507 e. The van der Waals surface area contributed by atoms with Gasteiger partial charge in [0.2, 0.25) is 6.10 Å². The van der Waals surface area contributed by atoms with Crippen LogP contribution < -0.4 is 14.9 Å². The number of nitrogens with zero attached hydrogens (tertiary/aromatic N) is 3. The minimum atomic E-state index is -0.862. The highest BCUT2D eigenvalue weighted by atomic mass is 35.5. The van der Waals surface area contributed by atoms with E-state index in [9.17, 15) is 9.90 Å². The first kappa shape index (κ1) is 24.2. The second-order valence-electron chi connectivity index (χ2n) is 8.96. The number of hydrogen-bond donors (Lipinski definition) is 2. The topological polar surface area (TPSA) is 105 Å². The molecule has 0 saturated carbocycles. The SMILES string of the molecule is CC(C)(C)c1ccc2c(c1)O[C@@H](C(=O)N/N=C/c1cc(N=Nc3ccccc3Cl)ccc1O)CO2. The van der Waals surface area contributed by atoms with Gasteiger partial charge in [-0.05, 0) is 53.4 Å². The van der Waals surface area contributed by atoms with Crippen molar-refractivity contribution in [3.63, 3.8) is 0 Å². The molecule has 0 saturated heterocycles. The number of halogens is 1. The van der Waals surface area contributed by atoms with Crippen LogP contribution >= 0.6 is 11.6 Å². The fourth-order valence-electron chi connectivity index (χ4n) is 3.26. The molecule has 4 rings (SSSR count). The van der Waals surface area contributed by atoms with Gasteiger partial charge in [0.1, 0.15) is 18.0 Å². The molecule has 0 aromatic heterocycles. The van der Waals surface area contributed by atoms with E-state index in [2.05, 4.69) is 41.5 Å². The number of nitrogens with one attached hydrogen (secondary N) is 1. The summed E-state index contributed by atoms with van der Waals surface area (Å²) in [5.41, 5.74) is 4.78. The molecule has 3 aromatic carbocycles. The molecular weight excluding hydrogens is 468 g/mol. The number of carbonyl (C=O) groups is 1. The standard InChI is InChI=1S/C26H25ClN4O4/c1-26(2,3)17-8-11-22-23(13-17)35-24(15-34-22)25(33)31-28-14-16-12-18(9-10-21(16)32)29-30-20-7-5-4-6-19(20)27/h4-14,24,32H,15H2,1-3H3,(H,31,33)/b28-14+,30-29?/t24-/m1/s1. The van der Waals surface area contributed by atoms with Gasteiger partial charge in [0.05, 0.1) is 16.9 Å². The molecule has 0 radical (unpaired) electrons. The van der Waals surface area contributed by atoms with Crippen LogP contribution in [0.5, 0.6) is 17.2 Å². The van der Waals surface area contributed by atoms with Gasteiger partial charge in [-0.1, -0.05) is 50.6 Å². The monoisotopic (exact) mass is 492 g/mol. The molecule has 1 aliphatic heterocycles. The van der Waals surface area contributed by atoms with Gasteiger partial charge in [-0.2, -0.15) is 10.2 Å². The first-order valence-electron chi connectivity index (χ1n) is 11.0. The number of phenols is 1. The van der Waals surface area contributed by atoms with Crippen molar-refractivity contribution < 1.29 is 19.4 Å². The van der Waals surface area contributed by atoms with Gasteiger partial charge in [-0.15, -0.1) is 5.11 Å². The summed E-state index contributed by atoms with van der Waals surface area (Å²) in [4.78, 5) is 12.6. The van der Waals surface area contributed by atoms with Crippen LogP contribution in [0.15, 0.2) is 76.0 Å². The molecule has 0 spiro atoms. The lowest BCUT2D eigenvalue weighted by Gasteiger charge is -2.27. The Labute approximate surface area is 208 Å². The van der Waals surface area contributed by atoms with Crippen molar-refractivity contribution in [1.82, 2.24) is 5.43 Å². The molecule has 2 N–H and O–H groups in total. The Balaban J connectivity index is 1.41. The van der Waals surface area contributed by atoms with Crippen molar-refractivity contribution in [3.05, 3.63) is 76.8 Å². The number of fused-ring (bicyclic) bond motifs is 1. The van der Waals surface area contributed by atoms with Crippen molar-refractivity contribution in [3.8, 4) is 17.2 Å². The highest BCUT2D eigenvalue weighted by Crippen LogP contribution is 2.36. The molecular formula is C26H25ClN4O4. The minimum absolute atomic E-state index is 0.0272. The zero-order chi connectivity index (χ0) is 25.0. The van der Waals surface area contributed by atoms with Crippen LogP contribution in [0.25, 0.3) is 0 Å². The number of benzene rings is 3. The Morgan fingerprint density at radius 3 is 2.66 bits per heavy atom. The number of aromatic hydroxyl groups is 1. The van der Waals surface area contributed by atoms with E-state index in [4.69, 9.17) is 21.1 Å². The lowest BCUT2D eigenvalue weighted by molar-refractivity contribution is -0.130. The maximum atomic E-state index is 12.6. The molecule has 1 amide bonds. The van der Waals surface area contributed by atoms with Gasteiger partial charge in [0.25, 0.3) is 5.91 Å². The first-order chi connectivity index (χ1) is 16.7. The summed E-state index contributed by atoms with van der Waals surface area (Å²) in [5.74, 6) is 0.614. The summed E-state index contributed by atoms with van der Waals surface area (Å²) in [6.07, 6.45) is 0.455. The normalized spacial score (nSPS) is 15.5. The Morgan fingerprint density at radius 2 is 1.89 bits per heavy atom. The van der Waals surface area contributed by atoms with Gasteiger partial charge in [0.15, 0.2) is 11.5 Å². The number of ether oxygens (including phenoxy) is 2. The van der Waals surface area contributed by atoms with E-state index in [0.717, 1.165) is 5.56 Å². The highest BCUT2D eigenvalue weighted by Gasteiger charge is 2.28. The minimum Gasteiger partial charge on any atom is -0.507 e. The summed E-state index contributed by atoms with van der Waals surface area (Å²) in [5, 5.41) is 22.8. The number of azo groups is 1. The van der Waals surface area contributed by atoms with Crippen LogP contribution in [-0.4, -0.2) is 29.9 Å². The quantitative estimate of drug-likeness (QED) is 0.257. The molecule has 9 heteroatoms. The summed E-state index contributed by atoms with van der Waals surface area (Å²) in [7, 11) is 0. The Kier molecular flexibility index (Phi) is 7.02. The molecule has 0 aliphatic carbocycles. The Bertz CT molecular complexity index is 1300. The van der Waals surface area contributed by atoms with Crippen LogP contribution in [0.2, 0.25) is 5.02 Å². The Hall–Kier alpha value is -3.91. The van der Waals surface area contributed by atoms with E-state index in [1.165, 1.54) is 12.3 Å². The van der Waals surface area contributed by atoms with Gasteiger partial charge < -0.3 is 14.6 Å². The van der Waals surface area contributed by atoms with Crippen molar-refractivity contribution in [2.75, 3.05) is 6.61 Å². The van der Waals surface area contributed by atoms with Gasteiger partial charge in [-0.25, -0.2) is 5.43 Å². The number of hydrazone groups is 1. The van der Waals surface area contributed by atoms with Crippen molar-refractivity contribution >= 4 is 35.1 Å². The summed E-state index contributed by atoms with van der Waals surface area (Å²) >= 11 is 6.09. The molecule has 3 aromatic rings. The van der Waals surface area contributed by atoms with Crippen LogP contribution in [0.3, 0.4) is 0 Å². The van der Waals surface area contributed by atoms with Crippen LogP contribution in [0.4, 0.5) is 11.4 Å². The van der Waals surface area contributed by atoms with Crippen LogP contribution in [0.1, 0.15) is 31.9 Å². The second-order valence-corrected chi connectivity index (χ2v) is 9.36. The number of phenolic OH excluding ortho intramolecular Hbond substituents is 1. The van der Waals surface area contributed by atoms with E-state index in [1.54, 1.807) is 36.4 Å². The molecule has 0 fully saturated rings. The van der Waals surface area contributed by atoms with Crippen molar-refractivity contribution in [2.45, 2.75) is 32.3 Å². The fourth-order valence-corrected chi connectivity index (χ4v) is 3.43. The third-order valence-corrected chi connectivity index (χ3v) is 5.60. The Morgan fingerprint density at radius 1 is 1.09 bits per heavy atom. The molecule has 1 aliphatic rings. The maximum absolute atomic E-state index is 12.6. The van der Waals surface area contributed by atoms with Crippen LogP contribution in [-0.2, 0) is 10.2 Å². The van der Waals surface area contributed by atoms with E-state index in [0.29, 0.717) is 33.5 Å². The highest BCUT2D eigenvalue weighted by molar-refractivity contribution is 6.32. The third-order valence-electron chi connectivity index (χ3n) is 5.28. The molecule has 1 heterocycles. The fraction of sp³-hybridized carbons (Fsp3) is 0.231.